The van der Waals surface area contributed by atoms with E-state index in [1.54, 1.807) is 44.4 Å². The maximum Gasteiger partial charge on any atom is 0.276 e. The van der Waals surface area contributed by atoms with Crippen LogP contribution in [0.25, 0.3) is 0 Å². The van der Waals surface area contributed by atoms with Gasteiger partial charge in [0.1, 0.15) is 6.61 Å². The van der Waals surface area contributed by atoms with Crippen molar-refractivity contribution in [2.75, 3.05) is 7.11 Å². The van der Waals surface area contributed by atoms with Gasteiger partial charge in [-0.25, -0.2) is 4.83 Å². The summed E-state index contributed by atoms with van der Waals surface area (Å²) in [6.07, 6.45) is 1.42. The van der Waals surface area contributed by atoms with Crippen LogP contribution in [0.4, 0.5) is 0 Å². The van der Waals surface area contributed by atoms with Crippen LogP contribution in [-0.2, 0) is 16.6 Å². The number of hydrogen-bond acceptors (Lipinski definition) is 5. The number of hydrazone groups is 1. The molecule has 0 amide bonds. The van der Waals surface area contributed by atoms with E-state index in [-0.39, 0.29) is 4.90 Å². The highest BCUT2D eigenvalue weighted by Crippen LogP contribution is 2.28. The molecule has 0 aliphatic carbocycles. The fourth-order valence-electron chi connectivity index (χ4n) is 2.94. The molecule has 0 radical (unpaired) electrons. The molecule has 156 valence electrons. The second kappa shape index (κ2) is 9.45. The molecule has 0 unspecified atom stereocenters. The van der Waals surface area contributed by atoms with Gasteiger partial charge in [0.2, 0.25) is 0 Å². The van der Waals surface area contributed by atoms with Gasteiger partial charge in [-0.3, -0.25) is 0 Å². The highest BCUT2D eigenvalue weighted by atomic mass is 32.2. The van der Waals surface area contributed by atoms with E-state index in [4.69, 9.17) is 9.47 Å². The summed E-state index contributed by atoms with van der Waals surface area (Å²) in [6.45, 7) is 4.08. The maximum absolute atomic E-state index is 12.5. The van der Waals surface area contributed by atoms with Gasteiger partial charge in [0.15, 0.2) is 11.5 Å². The second-order valence-corrected chi connectivity index (χ2v) is 8.44. The van der Waals surface area contributed by atoms with Crippen LogP contribution in [0.5, 0.6) is 11.5 Å². The summed E-state index contributed by atoms with van der Waals surface area (Å²) in [7, 11) is -2.19. The molecule has 3 rings (SSSR count). The maximum atomic E-state index is 12.5. The minimum Gasteiger partial charge on any atom is -0.493 e. The number of benzene rings is 3. The molecule has 7 heteroatoms. The molecular weight excluding hydrogens is 400 g/mol. The second-order valence-electron chi connectivity index (χ2n) is 6.81. The summed E-state index contributed by atoms with van der Waals surface area (Å²) in [4.78, 5) is 2.45. The molecule has 0 aromatic heterocycles. The Bertz CT molecular complexity index is 1140. The van der Waals surface area contributed by atoms with Gasteiger partial charge in [-0.15, -0.1) is 0 Å². The van der Waals surface area contributed by atoms with Crippen molar-refractivity contribution in [1.82, 2.24) is 4.83 Å². The Hall–Kier alpha value is -3.32. The van der Waals surface area contributed by atoms with Gasteiger partial charge in [0, 0.05) is 0 Å². The van der Waals surface area contributed by atoms with E-state index < -0.39 is 10.0 Å². The van der Waals surface area contributed by atoms with Crippen LogP contribution in [-0.4, -0.2) is 21.7 Å². The molecule has 6 nitrogen and oxygen atoms in total. The molecule has 0 atom stereocenters. The van der Waals surface area contributed by atoms with E-state index in [9.17, 15) is 8.42 Å². The summed E-state index contributed by atoms with van der Waals surface area (Å²) in [5, 5.41) is 3.89. The van der Waals surface area contributed by atoms with Crippen molar-refractivity contribution in [3.63, 3.8) is 0 Å². The fraction of sp³-hybridized carbons (Fsp3) is 0.174. The number of ether oxygens (including phenoxy) is 2. The molecule has 30 heavy (non-hydrogen) atoms. The first kappa shape index (κ1) is 21.4. The van der Waals surface area contributed by atoms with Crippen molar-refractivity contribution >= 4 is 16.2 Å². The summed E-state index contributed by atoms with van der Waals surface area (Å²) in [5.74, 6) is 1.13. The van der Waals surface area contributed by atoms with Crippen molar-refractivity contribution in [2.24, 2.45) is 5.10 Å². The van der Waals surface area contributed by atoms with Gasteiger partial charge in [-0.2, -0.15) is 13.5 Å². The zero-order valence-electron chi connectivity index (χ0n) is 17.1. The van der Waals surface area contributed by atoms with Crippen LogP contribution in [0.2, 0.25) is 0 Å². The lowest BCUT2D eigenvalue weighted by Crippen LogP contribution is -2.19. The van der Waals surface area contributed by atoms with Gasteiger partial charge in [-0.05, 0) is 54.8 Å². The smallest absolute Gasteiger partial charge is 0.276 e. The predicted octanol–water partition coefficient (Wildman–Crippen LogP) is 4.20. The van der Waals surface area contributed by atoms with Crippen molar-refractivity contribution in [3.05, 3.63) is 89.0 Å². The summed E-state index contributed by atoms with van der Waals surface area (Å²) >= 11 is 0. The van der Waals surface area contributed by atoms with Crippen molar-refractivity contribution in [3.8, 4) is 11.5 Å². The van der Waals surface area contributed by atoms with E-state index in [0.29, 0.717) is 29.2 Å². The van der Waals surface area contributed by atoms with Crippen LogP contribution in [0, 0.1) is 13.8 Å². The molecular formula is C23H24N2O4S. The van der Waals surface area contributed by atoms with Crippen molar-refractivity contribution < 1.29 is 17.9 Å². The molecule has 0 heterocycles. The molecule has 0 spiro atoms. The number of methoxy groups -OCH3 is 1. The topological polar surface area (TPSA) is 77.0 Å². The number of sulfonamides is 1. The van der Waals surface area contributed by atoms with Crippen LogP contribution in [0.3, 0.4) is 0 Å². The third-order valence-electron chi connectivity index (χ3n) is 4.43. The summed E-state index contributed by atoms with van der Waals surface area (Å²) in [6, 6.07) is 20.2. The van der Waals surface area contributed by atoms with E-state index in [0.717, 1.165) is 11.1 Å². The molecule has 3 aromatic carbocycles. The quantitative estimate of drug-likeness (QED) is 0.434. The Labute approximate surface area is 177 Å². The number of nitrogens with zero attached hydrogens (tertiary/aromatic N) is 1. The SMILES string of the molecule is COc1cc(/C=N/NS(=O)(=O)c2ccc(C)cc2C)ccc1OCc1ccccc1. The number of aryl methyl sites for hydroxylation is 2. The van der Waals surface area contributed by atoms with E-state index in [1.807, 2.05) is 43.3 Å². The molecule has 0 saturated carbocycles. The normalized spacial score (nSPS) is 11.4. The van der Waals surface area contributed by atoms with Crippen LogP contribution in [0.15, 0.2) is 76.7 Å². The Morgan fingerprint density at radius 2 is 1.73 bits per heavy atom. The highest BCUT2D eigenvalue weighted by molar-refractivity contribution is 7.89. The standard InChI is InChI=1S/C23H24N2O4S/c1-17-9-12-23(18(2)13-17)30(26,27)25-24-15-20-10-11-21(22(14-20)28-3)29-16-19-7-5-4-6-8-19/h4-15,25H,16H2,1-3H3/b24-15+. The molecule has 0 bridgehead atoms. The zero-order valence-corrected chi connectivity index (χ0v) is 17.9. The Morgan fingerprint density at radius 1 is 0.967 bits per heavy atom. The molecule has 0 fully saturated rings. The van der Waals surface area contributed by atoms with Gasteiger partial charge in [0.05, 0.1) is 18.2 Å². The average Bonchev–Trinajstić information content (AvgIpc) is 2.73. The highest BCUT2D eigenvalue weighted by Gasteiger charge is 2.15. The lowest BCUT2D eigenvalue weighted by molar-refractivity contribution is 0.284. The number of hydrogen-bond donors (Lipinski definition) is 1. The largest absolute Gasteiger partial charge is 0.493 e. The average molecular weight is 425 g/mol. The van der Waals surface area contributed by atoms with Crippen LogP contribution >= 0.6 is 0 Å². The molecule has 3 aromatic rings. The zero-order chi connectivity index (χ0) is 21.6. The summed E-state index contributed by atoms with van der Waals surface area (Å²) in [5.41, 5.74) is 3.38. The van der Waals surface area contributed by atoms with Gasteiger partial charge >= 0.3 is 0 Å². The van der Waals surface area contributed by atoms with Crippen LogP contribution < -0.4 is 14.3 Å². The van der Waals surface area contributed by atoms with Crippen LogP contribution in [0.1, 0.15) is 22.3 Å². The van der Waals surface area contributed by atoms with E-state index in [2.05, 4.69) is 9.93 Å². The van der Waals surface area contributed by atoms with Gasteiger partial charge < -0.3 is 9.47 Å². The monoisotopic (exact) mass is 424 g/mol. The van der Waals surface area contributed by atoms with E-state index >= 15 is 0 Å². The Kier molecular flexibility index (Phi) is 6.74. The Balaban J connectivity index is 1.69. The van der Waals surface area contributed by atoms with Crippen molar-refractivity contribution in [1.29, 1.82) is 0 Å². The first-order chi connectivity index (χ1) is 14.4. The predicted molar refractivity (Wildman–Crippen MR) is 118 cm³/mol. The minimum atomic E-state index is -3.74. The summed E-state index contributed by atoms with van der Waals surface area (Å²) < 4.78 is 36.2. The minimum absolute atomic E-state index is 0.201. The van der Waals surface area contributed by atoms with Crippen molar-refractivity contribution in [2.45, 2.75) is 25.3 Å². The van der Waals surface area contributed by atoms with Gasteiger partial charge in [-0.1, -0.05) is 48.0 Å². The third kappa shape index (κ3) is 5.39. The van der Waals surface area contributed by atoms with E-state index in [1.165, 1.54) is 6.21 Å². The molecule has 1 N–H and O–H groups in total. The third-order valence-corrected chi connectivity index (χ3v) is 5.81. The Morgan fingerprint density at radius 3 is 2.43 bits per heavy atom. The fourth-order valence-corrected chi connectivity index (χ4v) is 3.96. The lowest BCUT2D eigenvalue weighted by atomic mass is 10.2. The van der Waals surface area contributed by atoms with Gasteiger partial charge in [0.25, 0.3) is 10.0 Å². The molecule has 0 aliphatic rings. The number of rotatable bonds is 8. The molecule has 0 aliphatic heterocycles. The first-order valence-electron chi connectivity index (χ1n) is 9.36. The lowest BCUT2D eigenvalue weighted by Gasteiger charge is -2.11. The molecule has 0 saturated heterocycles. The first-order valence-corrected chi connectivity index (χ1v) is 10.8. The number of nitrogens with one attached hydrogen (secondary N) is 1.